The topological polar surface area (TPSA) is 26.0 Å². The number of anilines is 1. The van der Waals surface area contributed by atoms with Crippen LogP contribution in [-0.4, -0.2) is 0 Å². The SMILES string of the molecule is Cc1cc(N)ccc1Sc1ccc(Cl)cc1Cl.Cl. The summed E-state index contributed by atoms with van der Waals surface area (Å²) >= 11 is 13.6. The van der Waals surface area contributed by atoms with Gasteiger partial charge in [-0.05, 0) is 48.9 Å². The third kappa shape index (κ3) is 3.72. The molecule has 5 heteroatoms. The van der Waals surface area contributed by atoms with Crippen LogP contribution in [0, 0.1) is 6.92 Å². The summed E-state index contributed by atoms with van der Waals surface area (Å²) in [6, 6.07) is 11.3. The van der Waals surface area contributed by atoms with Crippen molar-refractivity contribution in [3.63, 3.8) is 0 Å². The Labute approximate surface area is 127 Å². The summed E-state index contributed by atoms with van der Waals surface area (Å²) in [5.41, 5.74) is 7.63. The van der Waals surface area contributed by atoms with Crippen molar-refractivity contribution in [1.82, 2.24) is 0 Å². The zero-order chi connectivity index (χ0) is 12.4. The van der Waals surface area contributed by atoms with Crippen LogP contribution >= 0.6 is 47.4 Å². The predicted molar refractivity (Wildman–Crippen MR) is 83.4 cm³/mol. The lowest BCUT2D eigenvalue weighted by molar-refractivity contribution is 1.29. The summed E-state index contributed by atoms with van der Waals surface area (Å²) in [5, 5.41) is 1.31. The molecule has 0 heterocycles. The van der Waals surface area contributed by atoms with Crippen LogP contribution in [0.1, 0.15) is 5.56 Å². The molecule has 0 spiro atoms. The van der Waals surface area contributed by atoms with Crippen molar-refractivity contribution in [3.05, 3.63) is 52.0 Å². The van der Waals surface area contributed by atoms with Crippen LogP contribution in [0.25, 0.3) is 0 Å². The number of aryl methyl sites for hydroxylation is 1. The highest BCUT2D eigenvalue weighted by atomic mass is 35.5. The van der Waals surface area contributed by atoms with Crippen LogP contribution in [0.4, 0.5) is 5.69 Å². The van der Waals surface area contributed by atoms with Gasteiger partial charge in [0.15, 0.2) is 0 Å². The lowest BCUT2D eigenvalue weighted by Gasteiger charge is -2.08. The Kier molecular flexibility index (Phi) is 5.67. The first-order valence-corrected chi connectivity index (χ1v) is 6.62. The van der Waals surface area contributed by atoms with Gasteiger partial charge in [-0.2, -0.15) is 0 Å². The molecule has 2 N–H and O–H groups in total. The van der Waals surface area contributed by atoms with E-state index in [1.165, 1.54) is 0 Å². The zero-order valence-corrected chi connectivity index (χ0v) is 12.8. The zero-order valence-electron chi connectivity index (χ0n) is 9.61. The molecule has 0 aromatic heterocycles. The number of halogens is 3. The van der Waals surface area contributed by atoms with Gasteiger partial charge in [0.2, 0.25) is 0 Å². The summed E-state index contributed by atoms with van der Waals surface area (Å²) < 4.78 is 0. The Hall–Kier alpha value is -0.540. The minimum Gasteiger partial charge on any atom is -0.399 e. The van der Waals surface area contributed by atoms with Crippen LogP contribution in [0.5, 0.6) is 0 Å². The third-order valence-electron chi connectivity index (χ3n) is 2.31. The predicted octanol–water partition coefficient (Wildman–Crippen LogP) is 5.46. The molecule has 0 aliphatic rings. The largest absolute Gasteiger partial charge is 0.399 e. The second-order valence-corrected chi connectivity index (χ2v) is 5.63. The van der Waals surface area contributed by atoms with E-state index >= 15 is 0 Å². The van der Waals surface area contributed by atoms with Gasteiger partial charge in [0, 0.05) is 20.5 Å². The standard InChI is InChI=1S/C13H11Cl2NS.ClH/c1-8-6-10(16)3-5-12(8)17-13-4-2-9(14)7-11(13)15;/h2-7H,16H2,1H3;1H. The summed E-state index contributed by atoms with van der Waals surface area (Å²) in [5.74, 6) is 0. The van der Waals surface area contributed by atoms with E-state index in [0.717, 1.165) is 21.0 Å². The van der Waals surface area contributed by atoms with Crippen LogP contribution in [0.15, 0.2) is 46.2 Å². The molecule has 0 aliphatic carbocycles. The normalized spacial score (nSPS) is 9.94. The highest BCUT2D eigenvalue weighted by Crippen LogP contribution is 2.36. The van der Waals surface area contributed by atoms with Crippen molar-refractivity contribution in [2.24, 2.45) is 0 Å². The maximum Gasteiger partial charge on any atom is 0.0560 e. The molecule has 2 aromatic rings. The van der Waals surface area contributed by atoms with Gasteiger partial charge < -0.3 is 5.73 Å². The average Bonchev–Trinajstić information content (AvgIpc) is 2.25. The monoisotopic (exact) mass is 319 g/mol. The first-order chi connectivity index (χ1) is 8.06. The first kappa shape index (κ1) is 15.5. The van der Waals surface area contributed by atoms with Crippen LogP contribution in [0.2, 0.25) is 10.0 Å². The summed E-state index contributed by atoms with van der Waals surface area (Å²) in [6.45, 7) is 2.03. The van der Waals surface area contributed by atoms with Crippen molar-refractivity contribution < 1.29 is 0 Å². The number of benzene rings is 2. The molecule has 0 saturated carbocycles. The van der Waals surface area contributed by atoms with E-state index in [4.69, 9.17) is 28.9 Å². The van der Waals surface area contributed by atoms with Gasteiger partial charge in [-0.15, -0.1) is 12.4 Å². The van der Waals surface area contributed by atoms with Gasteiger partial charge in [-0.3, -0.25) is 0 Å². The fraction of sp³-hybridized carbons (Fsp3) is 0.0769. The Morgan fingerprint density at radius 2 is 1.67 bits per heavy atom. The lowest BCUT2D eigenvalue weighted by atomic mass is 10.2. The van der Waals surface area contributed by atoms with E-state index in [-0.39, 0.29) is 12.4 Å². The van der Waals surface area contributed by atoms with Crippen molar-refractivity contribution in [2.75, 3.05) is 5.73 Å². The second kappa shape index (κ2) is 6.58. The van der Waals surface area contributed by atoms with Crippen molar-refractivity contribution >= 4 is 53.1 Å². The van der Waals surface area contributed by atoms with Gasteiger partial charge in [0.05, 0.1) is 5.02 Å². The molecule has 0 saturated heterocycles. The summed E-state index contributed by atoms with van der Waals surface area (Å²) in [4.78, 5) is 2.13. The number of nitrogen functional groups attached to an aromatic ring is 1. The van der Waals surface area contributed by atoms with E-state index < -0.39 is 0 Å². The minimum atomic E-state index is 0. The third-order valence-corrected chi connectivity index (χ3v) is 4.23. The fourth-order valence-corrected chi connectivity index (χ4v) is 2.87. The van der Waals surface area contributed by atoms with E-state index in [2.05, 4.69) is 0 Å². The molecule has 2 rings (SSSR count). The summed E-state index contributed by atoms with van der Waals surface area (Å²) in [6.07, 6.45) is 0. The highest BCUT2D eigenvalue weighted by Gasteiger charge is 2.06. The molecule has 0 aliphatic heterocycles. The molecule has 2 aromatic carbocycles. The van der Waals surface area contributed by atoms with Gasteiger partial charge in [-0.25, -0.2) is 0 Å². The van der Waals surface area contributed by atoms with E-state index in [1.54, 1.807) is 17.8 Å². The Bertz CT molecular complexity index is 508. The second-order valence-electron chi connectivity index (χ2n) is 3.70. The Morgan fingerprint density at radius 1 is 1.00 bits per heavy atom. The van der Waals surface area contributed by atoms with Gasteiger partial charge in [0.25, 0.3) is 0 Å². The maximum atomic E-state index is 6.13. The average molecular weight is 321 g/mol. The fourth-order valence-electron chi connectivity index (χ4n) is 1.46. The van der Waals surface area contributed by atoms with Crippen molar-refractivity contribution in [3.8, 4) is 0 Å². The van der Waals surface area contributed by atoms with E-state index in [1.807, 2.05) is 37.3 Å². The Balaban J connectivity index is 0.00000162. The maximum absolute atomic E-state index is 6.13. The molecule has 18 heavy (non-hydrogen) atoms. The van der Waals surface area contributed by atoms with Crippen molar-refractivity contribution in [2.45, 2.75) is 16.7 Å². The molecule has 0 unspecified atom stereocenters. The molecule has 96 valence electrons. The van der Waals surface area contributed by atoms with Crippen LogP contribution in [0.3, 0.4) is 0 Å². The molecular formula is C13H12Cl3NS. The van der Waals surface area contributed by atoms with Crippen LogP contribution < -0.4 is 5.73 Å². The van der Waals surface area contributed by atoms with Crippen LogP contribution in [-0.2, 0) is 0 Å². The smallest absolute Gasteiger partial charge is 0.0560 e. The molecule has 1 nitrogen and oxygen atoms in total. The molecule has 0 fully saturated rings. The van der Waals surface area contributed by atoms with Gasteiger partial charge in [0.1, 0.15) is 0 Å². The highest BCUT2D eigenvalue weighted by molar-refractivity contribution is 7.99. The van der Waals surface area contributed by atoms with Gasteiger partial charge in [-0.1, -0.05) is 35.0 Å². The lowest BCUT2D eigenvalue weighted by Crippen LogP contribution is -1.87. The van der Waals surface area contributed by atoms with E-state index in [0.29, 0.717) is 10.0 Å². The molecule has 0 bridgehead atoms. The molecule has 0 amide bonds. The molecule has 0 radical (unpaired) electrons. The Morgan fingerprint density at radius 3 is 2.28 bits per heavy atom. The number of hydrogen-bond donors (Lipinski definition) is 1. The van der Waals surface area contributed by atoms with Crippen molar-refractivity contribution in [1.29, 1.82) is 0 Å². The number of rotatable bonds is 2. The first-order valence-electron chi connectivity index (χ1n) is 5.05. The number of nitrogens with two attached hydrogens (primary N) is 1. The quantitative estimate of drug-likeness (QED) is 0.744. The van der Waals surface area contributed by atoms with Gasteiger partial charge >= 0.3 is 0 Å². The summed E-state index contributed by atoms with van der Waals surface area (Å²) in [7, 11) is 0. The van der Waals surface area contributed by atoms with E-state index in [9.17, 15) is 0 Å². The molecule has 0 atom stereocenters. The molecular weight excluding hydrogens is 309 g/mol. The number of hydrogen-bond acceptors (Lipinski definition) is 2. The minimum absolute atomic E-state index is 0.